The summed E-state index contributed by atoms with van der Waals surface area (Å²) in [5.41, 5.74) is 0. The molecule has 0 atom stereocenters. The van der Waals surface area contributed by atoms with Crippen LogP contribution in [-0.4, -0.2) is 145 Å². The van der Waals surface area contributed by atoms with E-state index in [1.807, 2.05) is 0 Å². The first-order valence-corrected chi connectivity index (χ1v) is 21.3. The van der Waals surface area contributed by atoms with Gasteiger partial charge in [-0.2, -0.15) is 0 Å². The lowest BCUT2D eigenvalue weighted by atomic mass is 10.1. The smallest absolute Gasteiger partial charge is 0.0701 e. The van der Waals surface area contributed by atoms with Crippen molar-refractivity contribution in [3.05, 3.63) is 0 Å². The molecular formula is C41H84O11. The molecule has 314 valence electrons. The van der Waals surface area contributed by atoms with E-state index in [0.29, 0.717) is 132 Å². The molecular weight excluding hydrogens is 668 g/mol. The lowest BCUT2D eigenvalue weighted by Crippen LogP contribution is -2.15. The van der Waals surface area contributed by atoms with Crippen LogP contribution in [0.25, 0.3) is 0 Å². The molecule has 0 unspecified atom stereocenters. The number of hydrogen-bond acceptors (Lipinski definition) is 11. The van der Waals surface area contributed by atoms with Crippen molar-refractivity contribution in [2.75, 3.05) is 145 Å². The second-order valence-electron chi connectivity index (χ2n) is 13.0. The van der Waals surface area contributed by atoms with Gasteiger partial charge in [0.15, 0.2) is 0 Å². The molecule has 0 N–H and O–H groups in total. The summed E-state index contributed by atoms with van der Waals surface area (Å²) in [6.45, 7) is 17.4. The van der Waals surface area contributed by atoms with Crippen LogP contribution >= 0.6 is 0 Å². The fraction of sp³-hybridized carbons (Fsp3) is 1.00. The number of hydrogen-bond donors (Lipinski definition) is 0. The summed E-state index contributed by atoms with van der Waals surface area (Å²) >= 11 is 0. The zero-order valence-electron chi connectivity index (χ0n) is 34.1. The van der Waals surface area contributed by atoms with Gasteiger partial charge in [0.2, 0.25) is 0 Å². The standard InChI is InChI=1S/C41H84O11/c1-3-5-7-9-11-12-13-14-15-17-19-21-43-23-25-45-27-29-47-31-33-49-35-37-51-39-41-52-40-38-50-36-34-48-32-30-46-28-26-44-24-22-42-20-18-16-10-8-6-4-2/h3-41H2,1-2H3. The van der Waals surface area contributed by atoms with Gasteiger partial charge in [0.05, 0.1) is 132 Å². The predicted molar refractivity (Wildman–Crippen MR) is 209 cm³/mol. The van der Waals surface area contributed by atoms with Crippen molar-refractivity contribution in [3.63, 3.8) is 0 Å². The van der Waals surface area contributed by atoms with Crippen LogP contribution in [0.5, 0.6) is 0 Å². The van der Waals surface area contributed by atoms with Crippen LogP contribution in [0, 0.1) is 0 Å². The number of unbranched alkanes of at least 4 members (excludes halogenated alkanes) is 15. The molecule has 11 nitrogen and oxygen atoms in total. The molecule has 0 saturated carbocycles. The van der Waals surface area contributed by atoms with E-state index in [0.717, 1.165) is 26.1 Å². The molecule has 0 spiro atoms. The molecule has 0 aromatic heterocycles. The Labute approximate surface area is 320 Å². The summed E-state index contributed by atoms with van der Waals surface area (Å²) < 4.78 is 61.0. The minimum atomic E-state index is 0.528. The summed E-state index contributed by atoms with van der Waals surface area (Å²) in [6.07, 6.45) is 22.6. The Kier molecular flexibility index (Phi) is 50.1. The Balaban J connectivity index is 3.04. The van der Waals surface area contributed by atoms with Crippen LogP contribution < -0.4 is 0 Å². The first kappa shape index (κ1) is 51.6. The van der Waals surface area contributed by atoms with Crippen molar-refractivity contribution >= 4 is 0 Å². The van der Waals surface area contributed by atoms with Gasteiger partial charge in [-0.25, -0.2) is 0 Å². The molecule has 52 heavy (non-hydrogen) atoms. The van der Waals surface area contributed by atoms with Crippen LogP contribution in [0.2, 0.25) is 0 Å². The van der Waals surface area contributed by atoms with Gasteiger partial charge < -0.3 is 52.1 Å². The summed E-state index contributed by atoms with van der Waals surface area (Å²) in [4.78, 5) is 0. The molecule has 0 aromatic carbocycles. The molecule has 0 saturated heterocycles. The van der Waals surface area contributed by atoms with Gasteiger partial charge in [-0.15, -0.1) is 0 Å². The van der Waals surface area contributed by atoms with E-state index >= 15 is 0 Å². The van der Waals surface area contributed by atoms with Gasteiger partial charge in [-0.3, -0.25) is 0 Å². The number of rotatable bonds is 49. The summed E-state index contributed by atoms with van der Waals surface area (Å²) in [7, 11) is 0. The van der Waals surface area contributed by atoms with Crippen molar-refractivity contribution in [1.82, 2.24) is 0 Å². The van der Waals surface area contributed by atoms with Gasteiger partial charge in [0.1, 0.15) is 0 Å². The van der Waals surface area contributed by atoms with E-state index < -0.39 is 0 Å². The highest BCUT2D eigenvalue weighted by Crippen LogP contribution is 2.11. The lowest BCUT2D eigenvalue weighted by Gasteiger charge is -2.09. The van der Waals surface area contributed by atoms with Gasteiger partial charge in [-0.05, 0) is 12.8 Å². The van der Waals surface area contributed by atoms with E-state index in [1.54, 1.807) is 0 Å². The van der Waals surface area contributed by atoms with Crippen molar-refractivity contribution in [2.24, 2.45) is 0 Å². The molecule has 0 radical (unpaired) electrons. The maximum atomic E-state index is 5.67. The second kappa shape index (κ2) is 50.6. The fourth-order valence-corrected chi connectivity index (χ4v) is 5.15. The van der Waals surface area contributed by atoms with E-state index in [-0.39, 0.29) is 0 Å². The molecule has 0 aliphatic carbocycles. The highest BCUT2D eigenvalue weighted by atomic mass is 16.6. The van der Waals surface area contributed by atoms with Crippen molar-refractivity contribution in [1.29, 1.82) is 0 Å². The molecule has 0 aromatic rings. The van der Waals surface area contributed by atoms with Gasteiger partial charge in [-0.1, -0.05) is 110 Å². The Morgan fingerprint density at radius 2 is 0.288 bits per heavy atom. The van der Waals surface area contributed by atoms with E-state index in [4.69, 9.17) is 52.1 Å². The van der Waals surface area contributed by atoms with Crippen LogP contribution in [0.15, 0.2) is 0 Å². The first-order valence-electron chi connectivity index (χ1n) is 21.3. The normalized spacial score (nSPS) is 11.7. The topological polar surface area (TPSA) is 102 Å². The zero-order chi connectivity index (χ0) is 37.4. The Morgan fingerprint density at radius 1 is 0.154 bits per heavy atom. The third-order valence-corrected chi connectivity index (χ3v) is 8.25. The molecule has 0 amide bonds. The van der Waals surface area contributed by atoms with E-state index in [2.05, 4.69) is 13.8 Å². The molecule has 0 aliphatic rings. The van der Waals surface area contributed by atoms with Crippen molar-refractivity contribution < 1.29 is 52.1 Å². The molecule has 11 heteroatoms. The summed E-state index contributed by atoms with van der Waals surface area (Å²) in [6, 6.07) is 0. The Morgan fingerprint density at radius 3 is 0.462 bits per heavy atom. The second-order valence-corrected chi connectivity index (χ2v) is 13.0. The first-order chi connectivity index (χ1) is 25.9. The monoisotopic (exact) mass is 753 g/mol. The summed E-state index contributed by atoms with van der Waals surface area (Å²) in [5, 5.41) is 0. The van der Waals surface area contributed by atoms with E-state index in [9.17, 15) is 0 Å². The largest absolute Gasteiger partial charge is 0.379 e. The van der Waals surface area contributed by atoms with Gasteiger partial charge in [0, 0.05) is 13.2 Å². The minimum absolute atomic E-state index is 0.528. The summed E-state index contributed by atoms with van der Waals surface area (Å²) in [5.74, 6) is 0. The number of ether oxygens (including phenoxy) is 11. The van der Waals surface area contributed by atoms with Crippen LogP contribution in [-0.2, 0) is 52.1 Å². The zero-order valence-corrected chi connectivity index (χ0v) is 34.1. The van der Waals surface area contributed by atoms with Gasteiger partial charge >= 0.3 is 0 Å². The average Bonchev–Trinajstić information content (AvgIpc) is 3.16. The SMILES string of the molecule is CCCCCCCCCCCCCOCCOCCOCCOCCOCCOCCOCCOCCOCCOCCOCCCCCCCC. The highest BCUT2D eigenvalue weighted by Gasteiger charge is 1.98. The minimum Gasteiger partial charge on any atom is -0.379 e. The van der Waals surface area contributed by atoms with Crippen molar-refractivity contribution in [2.45, 2.75) is 123 Å². The molecule has 0 fully saturated rings. The third kappa shape index (κ3) is 49.6. The van der Waals surface area contributed by atoms with Gasteiger partial charge in [0.25, 0.3) is 0 Å². The van der Waals surface area contributed by atoms with Crippen molar-refractivity contribution in [3.8, 4) is 0 Å². The molecule has 0 heterocycles. The third-order valence-electron chi connectivity index (χ3n) is 8.25. The molecule has 0 rings (SSSR count). The molecule has 0 bridgehead atoms. The lowest BCUT2D eigenvalue weighted by molar-refractivity contribution is -0.0275. The highest BCUT2D eigenvalue weighted by molar-refractivity contribution is 4.48. The van der Waals surface area contributed by atoms with Crippen LogP contribution in [0.1, 0.15) is 123 Å². The predicted octanol–water partition coefficient (Wildman–Crippen LogP) is 7.84. The maximum Gasteiger partial charge on any atom is 0.0701 e. The maximum absolute atomic E-state index is 5.67. The fourth-order valence-electron chi connectivity index (χ4n) is 5.15. The van der Waals surface area contributed by atoms with Crippen LogP contribution in [0.4, 0.5) is 0 Å². The Hall–Kier alpha value is -0.440. The van der Waals surface area contributed by atoms with E-state index in [1.165, 1.54) is 96.3 Å². The molecule has 0 aliphatic heterocycles. The average molecular weight is 753 g/mol. The van der Waals surface area contributed by atoms with Crippen LogP contribution in [0.3, 0.4) is 0 Å². The Bertz CT molecular complexity index is 553. The quantitative estimate of drug-likeness (QED) is 0.0569.